The van der Waals surface area contributed by atoms with Gasteiger partial charge in [-0.15, -0.1) is 0 Å². The predicted molar refractivity (Wildman–Crippen MR) is 46.5 cm³/mol. The second-order valence-corrected chi connectivity index (χ2v) is 1.79. The Morgan fingerprint density at radius 3 is 2.50 bits per heavy atom. The SMILES string of the molecule is CC.c1cnc2ncncc2n1. The third-order valence-electron chi connectivity index (χ3n) is 1.15. The summed E-state index contributed by atoms with van der Waals surface area (Å²) in [6.45, 7) is 4.00. The van der Waals surface area contributed by atoms with Crippen molar-refractivity contribution in [2.24, 2.45) is 0 Å². The van der Waals surface area contributed by atoms with E-state index in [1.807, 2.05) is 13.8 Å². The van der Waals surface area contributed by atoms with Crippen molar-refractivity contribution >= 4 is 11.2 Å². The van der Waals surface area contributed by atoms with E-state index in [2.05, 4.69) is 19.9 Å². The maximum Gasteiger partial charge on any atom is 0.181 e. The van der Waals surface area contributed by atoms with Gasteiger partial charge in [-0.3, -0.25) is 0 Å². The molecular weight excluding hydrogens is 152 g/mol. The van der Waals surface area contributed by atoms with Gasteiger partial charge in [0.2, 0.25) is 0 Å². The number of hydrogen-bond acceptors (Lipinski definition) is 4. The van der Waals surface area contributed by atoms with Crippen LogP contribution in [0.5, 0.6) is 0 Å². The zero-order valence-electron chi connectivity index (χ0n) is 7.10. The monoisotopic (exact) mass is 162 g/mol. The van der Waals surface area contributed by atoms with Crippen molar-refractivity contribution in [1.82, 2.24) is 19.9 Å². The molecule has 2 rings (SSSR count). The fraction of sp³-hybridized carbons (Fsp3) is 0.250. The molecule has 2 heterocycles. The Balaban J connectivity index is 0.000000336. The van der Waals surface area contributed by atoms with E-state index in [1.165, 1.54) is 6.33 Å². The molecule has 0 aliphatic heterocycles. The lowest BCUT2D eigenvalue weighted by Crippen LogP contribution is -1.85. The Labute approximate surface area is 70.7 Å². The van der Waals surface area contributed by atoms with E-state index < -0.39 is 0 Å². The van der Waals surface area contributed by atoms with Gasteiger partial charge in [-0.25, -0.2) is 19.9 Å². The van der Waals surface area contributed by atoms with E-state index in [4.69, 9.17) is 0 Å². The van der Waals surface area contributed by atoms with Crippen LogP contribution in [0.4, 0.5) is 0 Å². The molecule has 0 radical (unpaired) electrons. The maximum absolute atomic E-state index is 3.99. The molecule has 62 valence electrons. The highest BCUT2D eigenvalue weighted by molar-refractivity contribution is 5.66. The van der Waals surface area contributed by atoms with Crippen LogP contribution in [0.25, 0.3) is 11.2 Å². The van der Waals surface area contributed by atoms with Crippen LogP contribution in [0.1, 0.15) is 13.8 Å². The van der Waals surface area contributed by atoms with Crippen molar-refractivity contribution in [2.75, 3.05) is 0 Å². The molecule has 0 aliphatic rings. The summed E-state index contributed by atoms with van der Waals surface area (Å²) < 4.78 is 0. The van der Waals surface area contributed by atoms with Gasteiger partial charge < -0.3 is 0 Å². The normalized spacial score (nSPS) is 8.83. The number of rotatable bonds is 0. The minimum absolute atomic E-state index is 0.637. The zero-order valence-corrected chi connectivity index (χ0v) is 7.10. The van der Waals surface area contributed by atoms with Gasteiger partial charge in [0.1, 0.15) is 11.8 Å². The largest absolute Gasteiger partial charge is 0.250 e. The number of hydrogen-bond donors (Lipinski definition) is 0. The lowest BCUT2D eigenvalue weighted by Gasteiger charge is -1.89. The quantitative estimate of drug-likeness (QED) is 0.588. The van der Waals surface area contributed by atoms with Crippen molar-refractivity contribution < 1.29 is 0 Å². The molecule has 4 nitrogen and oxygen atoms in total. The van der Waals surface area contributed by atoms with Gasteiger partial charge in [-0.2, -0.15) is 0 Å². The van der Waals surface area contributed by atoms with Gasteiger partial charge in [0.15, 0.2) is 5.65 Å². The number of nitrogens with zero attached hydrogens (tertiary/aromatic N) is 4. The third kappa shape index (κ3) is 1.72. The first kappa shape index (κ1) is 8.52. The standard InChI is InChI=1S/C6H4N4.C2H6/c1-2-9-6-5(8-1)3-7-4-10-6;1-2/h1-4H;1-2H3. The van der Waals surface area contributed by atoms with Crippen molar-refractivity contribution in [3.05, 3.63) is 24.9 Å². The van der Waals surface area contributed by atoms with Crippen LogP contribution in [0.2, 0.25) is 0 Å². The smallest absolute Gasteiger partial charge is 0.181 e. The molecule has 0 saturated heterocycles. The van der Waals surface area contributed by atoms with Gasteiger partial charge in [0.05, 0.1) is 6.20 Å². The minimum atomic E-state index is 0.637. The highest BCUT2D eigenvalue weighted by Crippen LogP contribution is 1.98. The van der Waals surface area contributed by atoms with E-state index in [0.29, 0.717) is 5.65 Å². The first-order valence-electron chi connectivity index (χ1n) is 3.83. The molecule has 0 N–H and O–H groups in total. The van der Waals surface area contributed by atoms with Crippen LogP contribution in [0.15, 0.2) is 24.9 Å². The first-order chi connectivity index (χ1) is 5.97. The molecule has 12 heavy (non-hydrogen) atoms. The molecule has 0 unspecified atom stereocenters. The second-order valence-electron chi connectivity index (χ2n) is 1.79. The highest BCUT2D eigenvalue weighted by atomic mass is 14.9. The van der Waals surface area contributed by atoms with Crippen molar-refractivity contribution in [3.63, 3.8) is 0 Å². The third-order valence-corrected chi connectivity index (χ3v) is 1.15. The van der Waals surface area contributed by atoms with Gasteiger partial charge in [-0.1, -0.05) is 13.8 Å². The molecule has 0 fully saturated rings. The first-order valence-corrected chi connectivity index (χ1v) is 3.83. The Bertz CT molecular complexity index is 282. The highest BCUT2D eigenvalue weighted by Gasteiger charge is 1.90. The second kappa shape index (κ2) is 4.33. The summed E-state index contributed by atoms with van der Waals surface area (Å²) in [5, 5.41) is 0. The Kier molecular flexibility index (Phi) is 3.07. The molecule has 2 aromatic rings. The van der Waals surface area contributed by atoms with Crippen LogP contribution in [-0.4, -0.2) is 19.9 Å². The molecule has 0 aliphatic carbocycles. The molecule has 0 bridgehead atoms. The summed E-state index contributed by atoms with van der Waals surface area (Å²) in [7, 11) is 0. The predicted octanol–water partition coefficient (Wildman–Crippen LogP) is 1.45. The van der Waals surface area contributed by atoms with Crippen LogP contribution >= 0.6 is 0 Å². The fourth-order valence-electron chi connectivity index (χ4n) is 0.724. The maximum atomic E-state index is 3.99. The van der Waals surface area contributed by atoms with Crippen molar-refractivity contribution in [1.29, 1.82) is 0 Å². The minimum Gasteiger partial charge on any atom is -0.250 e. The van der Waals surface area contributed by atoms with E-state index in [1.54, 1.807) is 18.6 Å². The van der Waals surface area contributed by atoms with E-state index in [0.717, 1.165) is 5.52 Å². The van der Waals surface area contributed by atoms with Crippen LogP contribution in [0.3, 0.4) is 0 Å². The van der Waals surface area contributed by atoms with Crippen molar-refractivity contribution in [3.8, 4) is 0 Å². The summed E-state index contributed by atoms with van der Waals surface area (Å²) in [5.74, 6) is 0. The molecule has 0 amide bonds. The van der Waals surface area contributed by atoms with Crippen molar-refractivity contribution in [2.45, 2.75) is 13.8 Å². The molecule has 4 heteroatoms. The average molecular weight is 162 g/mol. The van der Waals surface area contributed by atoms with Crippen LogP contribution in [0, 0.1) is 0 Å². The summed E-state index contributed by atoms with van der Waals surface area (Å²) in [6.07, 6.45) is 6.31. The fourth-order valence-corrected chi connectivity index (χ4v) is 0.724. The molecular formula is C8H10N4. The van der Waals surface area contributed by atoms with E-state index in [9.17, 15) is 0 Å². The molecule has 0 spiro atoms. The summed E-state index contributed by atoms with van der Waals surface area (Å²) in [4.78, 5) is 15.7. The molecule has 0 atom stereocenters. The summed E-state index contributed by atoms with van der Waals surface area (Å²) in [5.41, 5.74) is 1.36. The lowest BCUT2D eigenvalue weighted by molar-refractivity contribution is 1.15. The van der Waals surface area contributed by atoms with Crippen LogP contribution in [-0.2, 0) is 0 Å². The van der Waals surface area contributed by atoms with E-state index in [-0.39, 0.29) is 0 Å². The number of aromatic nitrogens is 4. The topological polar surface area (TPSA) is 51.6 Å². The number of fused-ring (bicyclic) bond motifs is 1. The lowest BCUT2D eigenvalue weighted by atomic mass is 10.5. The van der Waals surface area contributed by atoms with Crippen LogP contribution < -0.4 is 0 Å². The van der Waals surface area contributed by atoms with E-state index >= 15 is 0 Å². The molecule has 0 aromatic carbocycles. The molecule has 2 aromatic heterocycles. The van der Waals surface area contributed by atoms with Gasteiger partial charge in [0, 0.05) is 12.4 Å². The van der Waals surface area contributed by atoms with Gasteiger partial charge in [0.25, 0.3) is 0 Å². The Hall–Kier alpha value is -1.58. The average Bonchev–Trinajstić information content (AvgIpc) is 2.21. The summed E-state index contributed by atoms with van der Waals surface area (Å²) in [6, 6.07) is 0. The van der Waals surface area contributed by atoms with Gasteiger partial charge >= 0.3 is 0 Å². The zero-order chi connectivity index (χ0) is 8.81. The Morgan fingerprint density at radius 1 is 1.00 bits per heavy atom. The molecule has 0 saturated carbocycles. The van der Waals surface area contributed by atoms with Gasteiger partial charge in [-0.05, 0) is 0 Å². The Morgan fingerprint density at radius 2 is 1.75 bits per heavy atom. The summed E-state index contributed by atoms with van der Waals surface area (Å²) >= 11 is 0.